The molecule has 3 aromatic rings. The molecular formula is C20H23N3O4S. The fourth-order valence-corrected chi connectivity index (χ4v) is 4.30. The van der Waals surface area contributed by atoms with E-state index in [1.807, 2.05) is 37.3 Å². The van der Waals surface area contributed by atoms with Gasteiger partial charge in [0.1, 0.15) is 16.4 Å². The highest BCUT2D eigenvalue weighted by Crippen LogP contribution is 2.31. The van der Waals surface area contributed by atoms with Crippen LogP contribution < -0.4 is 14.2 Å². The molecule has 1 aromatic heterocycles. The Balaban J connectivity index is 1.95. The number of methoxy groups -OCH3 is 2. The van der Waals surface area contributed by atoms with Gasteiger partial charge >= 0.3 is 0 Å². The molecule has 0 spiro atoms. The number of aryl methyl sites for hydroxylation is 1. The first-order chi connectivity index (χ1) is 13.4. The molecule has 8 heteroatoms. The van der Waals surface area contributed by atoms with Gasteiger partial charge in [-0.2, -0.15) is 5.10 Å². The molecule has 0 atom stereocenters. The number of nitrogens with zero attached hydrogens (tertiary/aromatic N) is 2. The minimum absolute atomic E-state index is 0.00367. The van der Waals surface area contributed by atoms with Crippen molar-refractivity contribution in [3.8, 4) is 11.5 Å². The first-order valence-electron chi connectivity index (χ1n) is 8.68. The molecule has 3 rings (SSSR count). The van der Waals surface area contributed by atoms with E-state index in [0.29, 0.717) is 23.7 Å². The monoisotopic (exact) mass is 401 g/mol. The summed E-state index contributed by atoms with van der Waals surface area (Å²) >= 11 is 0. The van der Waals surface area contributed by atoms with Crippen LogP contribution in [0.4, 0.5) is 5.69 Å². The van der Waals surface area contributed by atoms with Crippen molar-refractivity contribution in [3.05, 3.63) is 65.5 Å². The Morgan fingerprint density at radius 2 is 1.75 bits per heavy atom. The first kappa shape index (κ1) is 19.8. The maximum Gasteiger partial charge on any atom is 0.265 e. The van der Waals surface area contributed by atoms with E-state index in [9.17, 15) is 8.42 Å². The molecule has 0 saturated carbocycles. The van der Waals surface area contributed by atoms with E-state index in [1.54, 1.807) is 23.7 Å². The Labute approximate surface area is 165 Å². The normalized spacial score (nSPS) is 11.3. The highest BCUT2D eigenvalue weighted by molar-refractivity contribution is 7.92. The second-order valence-electron chi connectivity index (χ2n) is 6.31. The van der Waals surface area contributed by atoms with Crippen LogP contribution in [0.3, 0.4) is 0 Å². The Kier molecular flexibility index (Phi) is 5.60. The summed E-state index contributed by atoms with van der Waals surface area (Å²) in [5.41, 5.74) is 2.86. The molecule has 28 heavy (non-hydrogen) atoms. The van der Waals surface area contributed by atoms with Crippen molar-refractivity contribution in [2.45, 2.75) is 25.3 Å². The van der Waals surface area contributed by atoms with Crippen LogP contribution in [-0.2, 0) is 16.6 Å². The van der Waals surface area contributed by atoms with Gasteiger partial charge in [0.05, 0.1) is 37.8 Å². The lowest BCUT2D eigenvalue weighted by Gasteiger charge is -2.13. The average Bonchev–Trinajstić information content (AvgIpc) is 2.95. The van der Waals surface area contributed by atoms with Gasteiger partial charge in [-0.1, -0.05) is 30.3 Å². The fraction of sp³-hybridized carbons (Fsp3) is 0.250. The van der Waals surface area contributed by atoms with E-state index in [2.05, 4.69) is 9.82 Å². The van der Waals surface area contributed by atoms with Crippen LogP contribution in [0.25, 0.3) is 0 Å². The average molecular weight is 401 g/mol. The van der Waals surface area contributed by atoms with E-state index >= 15 is 0 Å². The van der Waals surface area contributed by atoms with Gasteiger partial charge in [-0.3, -0.25) is 9.40 Å². The highest BCUT2D eigenvalue weighted by Gasteiger charge is 2.24. The maximum absolute atomic E-state index is 13.0. The van der Waals surface area contributed by atoms with Crippen LogP contribution >= 0.6 is 0 Å². The summed E-state index contributed by atoms with van der Waals surface area (Å²) < 4.78 is 40.9. The number of hydrogen-bond acceptors (Lipinski definition) is 5. The largest absolute Gasteiger partial charge is 0.497 e. The van der Waals surface area contributed by atoms with Crippen molar-refractivity contribution >= 4 is 15.7 Å². The van der Waals surface area contributed by atoms with Crippen molar-refractivity contribution in [3.63, 3.8) is 0 Å². The van der Waals surface area contributed by atoms with Crippen LogP contribution in [0, 0.1) is 13.8 Å². The summed E-state index contributed by atoms with van der Waals surface area (Å²) in [4.78, 5) is 0.00367. The summed E-state index contributed by atoms with van der Waals surface area (Å²) in [6.45, 7) is 4.16. The first-order valence-corrected chi connectivity index (χ1v) is 10.2. The zero-order valence-corrected chi connectivity index (χ0v) is 17.1. The van der Waals surface area contributed by atoms with Crippen molar-refractivity contribution in [1.29, 1.82) is 0 Å². The van der Waals surface area contributed by atoms with Crippen LogP contribution in [0.1, 0.15) is 17.0 Å². The summed E-state index contributed by atoms with van der Waals surface area (Å²) in [5, 5.41) is 4.49. The van der Waals surface area contributed by atoms with Gasteiger partial charge < -0.3 is 9.47 Å². The molecule has 0 amide bonds. The molecular weight excluding hydrogens is 378 g/mol. The zero-order valence-electron chi connectivity index (χ0n) is 16.3. The second kappa shape index (κ2) is 7.93. The third kappa shape index (κ3) is 3.96. The Morgan fingerprint density at radius 3 is 2.39 bits per heavy atom. The van der Waals surface area contributed by atoms with Crippen molar-refractivity contribution in [1.82, 2.24) is 9.78 Å². The Morgan fingerprint density at radius 1 is 1.04 bits per heavy atom. The number of hydrogen-bond donors (Lipinski definition) is 1. The molecule has 1 N–H and O–H groups in total. The van der Waals surface area contributed by atoms with Crippen molar-refractivity contribution in [2.24, 2.45) is 0 Å². The molecule has 0 aliphatic carbocycles. The highest BCUT2D eigenvalue weighted by atomic mass is 32.2. The number of sulfonamides is 1. The van der Waals surface area contributed by atoms with E-state index in [1.165, 1.54) is 20.3 Å². The number of ether oxygens (including phenoxy) is 2. The SMILES string of the molecule is COc1ccc(OC)c(S(=O)(=O)Nc2c(C)nn(Cc3ccccc3)c2C)c1. The molecule has 0 unspecified atom stereocenters. The van der Waals surface area contributed by atoms with Gasteiger partial charge in [0.15, 0.2) is 0 Å². The third-order valence-electron chi connectivity index (χ3n) is 4.45. The molecule has 0 aliphatic heterocycles. The van der Waals surface area contributed by atoms with Crippen molar-refractivity contribution < 1.29 is 17.9 Å². The quantitative estimate of drug-likeness (QED) is 0.656. The maximum atomic E-state index is 13.0. The molecule has 0 bridgehead atoms. The summed E-state index contributed by atoms with van der Waals surface area (Å²) in [5.74, 6) is 0.662. The predicted molar refractivity (Wildman–Crippen MR) is 108 cm³/mol. The van der Waals surface area contributed by atoms with Crippen LogP contribution in [-0.4, -0.2) is 32.4 Å². The number of aromatic nitrogens is 2. The number of nitrogens with one attached hydrogen (secondary N) is 1. The minimum atomic E-state index is -3.90. The molecule has 1 heterocycles. The summed E-state index contributed by atoms with van der Waals surface area (Å²) in [7, 11) is -0.996. The van der Waals surface area contributed by atoms with Gasteiger partial charge in [-0.25, -0.2) is 8.42 Å². The second-order valence-corrected chi connectivity index (χ2v) is 7.96. The summed E-state index contributed by atoms with van der Waals surface area (Å²) in [6.07, 6.45) is 0. The van der Waals surface area contributed by atoms with Gasteiger partial charge in [0, 0.05) is 6.07 Å². The third-order valence-corrected chi connectivity index (χ3v) is 5.82. The molecule has 0 fully saturated rings. The number of benzene rings is 2. The van der Waals surface area contributed by atoms with Gasteiger partial charge in [-0.05, 0) is 31.5 Å². The van der Waals surface area contributed by atoms with Gasteiger partial charge in [0.2, 0.25) is 0 Å². The van der Waals surface area contributed by atoms with E-state index < -0.39 is 10.0 Å². The van der Waals surface area contributed by atoms with Crippen LogP contribution in [0.5, 0.6) is 11.5 Å². The summed E-state index contributed by atoms with van der Waals surface area (Å²) in [6, 6.07) is 14.5. The zero-order chi connectivity index (χ0) is 20.3. The molecule has 2 aromatic carbocycles. The topological polar surface area (TPSA) is 82.4 Å². The smallest absolute Gasteiger partial charge is 0.265 e. The Hall–Kier alpha value is -3.00. The van der Waals surface area contributed by atoms with Crippen LogP contribution in [0.15, 0.2) is 53.4 Å². The van der Waals surface area contributed by atoms with E-state index in [0.717, 1.165) is 11.3 Å². The van der Waals surface area contributed by atoms with E-state index in [-0.39, 0.29) is 10.6 Å². The fourth-order valence-electron chi connectivity index (χ4n) is 2.94. The number of rotatable bonds is 7. The molecule has 148 valence electrons. The lowest BCUT2D eigenvalue weighted by molar-refractivity contribution is 0.392. The number of anilines is 1. The lowest BCUT2D eigenvalue weighted by Crippen LogP contribution is -2.15. The minimum Gasteiger partial charge on any atom is -0.497 e. The van der Waals surface area contributed by atoms with Gasteiger partial charge in [-0.15, -0.1) is 0 Å². The molecule has 0 radical (unpaired) electrons. The molecule has 7 nitrogen and oxygen atoms in total. The van der Waals surface area contributed by atoms with Gasteiger partial charge in [0.25, 0.3) is 10.0 Å². The van der Waals surface area contributed by atoms with Crippen LogP contribution in [0.2, 0.25) is 0 Å². The van der Waals surface area contributed by atoms with E-state index in [4.69, 9.17) is 9.47 Å². The predicted octanol–water partition coefficient (Wildman–Crippen LogP) is 3.37. The van der Waals surface area contributed by atoms with Crippen molar-refractivity contribution in [2.75, 3.05) is 18.9 Å². The lowest BCUT2D eigenvalue weighted by atomic mass is 10.2. The molecule has 0 saturated heterocycles. The standard InChI is InChI=1S/C20H23N3O4S/c1-14-20(15(2)23(21-14)13-16-8-6-5-7-9-16)22-28(24,25)19-12-17(26-3)10-11-18(19)27-4/h5-12,22H,13H2,1-4H3. The Bertz CT molecular complexity index is 1080. The molecule has 0 aliphatic rings.